The molecule has 17 heavy (non-hydrogen) atoms. The summed E-state index contributed by atoms with van der Waals surface area (Å²) in [6.45, 7) is 4.02. The highest BCUT2D eigenvalue weighted by Gasteiger charge is 2.05. The Balaban J connectivity index is 2.27. The highest BCUT2D eigenvalue weighted by molar-refractivity contribution is 9.10. The Bertz CT molecular complexity index is 517. The molecule has 88 valence electrons. The monoisotopic (exact) mass is 293 g/mol. The number of hydrogen-bond acceptors (Lipinski definition) is 4. The zero-order valence-electron chi connectivity index (χ0n) is 9.57. The third-order valence-electron chi connectivity index (χ3n) is 2.27. The summed E-state index contributed by atoms with van der Waals surface area (Å²) in [5.41, 5.74) is 8.23. The van der Waals surface area contributed by atoms with Crippen molar-refractivity contribution in [3.05, 3.63) is 40.1 Å². The molecule has 0 bridgehead atoms. The Morgan fingerprint density at radius 3 is 2.18 bits per heavy atom. The molecule has 2 N–H and O–H groups in total. The van der Waals surface area contributed by atoms with Crippen molar-refractivity contribution in [3.8, 4) is 11.8 Å². The number of nitrogen functional groups attached to an aromatic ring is 1. The summed E-state index contributed by atoms with van der Waals surface area (Å²) in [6.07, 6.45) is 3.03. The zero-order chi connectivity index (χ0) is 12.4. The van der Waals surface area contributed by atoms with Crippen molar-refractivity contribution < 1.29 is 4.74 Å². The van der Waals surface area contributed by atoms with Gasteiger partial charge < -0.3 is 10.5 Å². The minimum atomic E-state index is 0.292. The van der Waals surface area contributed by atoms with Crippen LogP contribution >= 0.6 is 15.9 Å². The lowest BCUT2D eigenvalue weighted by molar-refractivity contribution is 0.441. The molecule has 0 amide bonds. The van der Waals surface area contributed by atoms with E-state index < -0.39 is 0 Å². The van der Waals surface area contributed by atoms with Crippen molar-refractivity contribution in [3.63, 3.8) is 0 Å². The lowest BCUT2D eigenvalue weighted by Crippen LogP contribution is -1.95. The van der Waals surface area contributed by atoms with Gasteiger partial charge in [-0.15, -0.1) is 0 Å². The molecule has 0 fully saturated rings. The topological polar surface area (TPSA) is 61.0 Å². The molecular formula is C12H12BrN3O. The fourth-order valence-corrected chi connectivity index (χ4v) is 1.68. The van der Waals surface area contributed by atoms with E-state index in [2.05, 4.69) is 25.9 Å². The predicted octanol–water partition coefficient (Wildman–Crippen LogP) is 3.23. The number of rotatable bonds is 2. The van der Waals surface area contributed by atoms with Crippen LogP contribution < -0.4 is 10.5 Å². The van der Waals surface area contributed by atoms with Gasteiger partial charge in [0.2, 0.25) is 0 Å². The predicted molar refractivity (Wildman–Crippen MR) is 70.1 cm³/mol. The van der Waals surface area contributed by atoms with Gasteiger partial charge in [0, 0.05) is 4.47 Å². The van der Waals surface area contributed by atoms with Gasteiger partial charge in [-0.05, 0) is 37.1 Å². The number of benzene rings is 1. The minimum Gasteiger partial charge on any atom is -0.424 e. The first-order chi connectivity index (χ1) is 8.06. The maximum Gasteiger partial charge on any atom is 0.322 e. The fourth-order valence-electron chi connectivity index (χ4n) is 1.45. The zero-order valence-corrected chi connectivity index (χ0v) is 11.2. The Morgan fingerprint density at radius 2 is 1.65 bits per heavy atom. The molecule has 0 radical (unpaired) electrons. The Kier molecular flexibility index (Phi) is 3.28. The van der Waals surface area contributed by atoms with Crippen LogP contribution in [0.15, 0.2) is 29.0 Å². The number of anilines is 1. The van der Waals surface area contributed by atoms with Crippen molar-refractivity contribution in [2.24, 2.45) is 0 Å². The van der Waals surface area contributed by atoms with Gasteiger partial charge in [-0.1, -0.05) is 15.9 Å². The Labute approximate surface area is 108 Å². The van der Waals surface area contributed by atoms with E-state index in [0.29, 0.717) is 17.4 Å². The quantitative estimate of drug-likeness (QED) is 0.923. The SMILES string of the molecule is Cc1cc(Oc2ncc(N)cn2)cc(C)c1Br. The largest absolute Gasteiger partial charge is 0.424 e. The van der Waals surface area contributed by atoms with Crippen molar-refractivity contribution in [1.29, 1.82) is 0 Å². The molecule has 5 heteroatoms. The second kappa shape index (κ2) is 4.71. The fraction of sp³-hybridized carbons (Fsp3) is 0.167. The van der Waals surface area contributed by atoms with E-state index >= 15 is 0 Å². The molecule has 2 aromatic rings. The van der Waals surface area contributed by atoms with E-state index in [0.717, 1.165) is 15.6 Å². The summed E-state index contributed by atoms with van der Waals surface area (Å²) in [5.74, 6) is 0.716. The van der Waals surface area contributed by atoms with Crippen LogP contribution in [-0.2, 0) is 0 Å². The summed E-state index contributed by atoms with van der Waals surface area (Å²) in [5, 5.41) is 0. The van der Waals surface area contributed by atoms with Crippen molar-refractivity contribution in [2.75, 3.05) is 5.73 Å². The molecule has 2 rings (SSSR count). The smallest absolute Gasteiger partial charge is 0.322 e. The van der Waals surface area contributed by atoms with Gasteiger partial charge in [0.1, 0.15) is 5.75 Å². The highest BCUT2D eigenvalue weighted by atomic mass is 79.9. The average Bonchev–Trinajstić information content (AvgIpc) is 2.29. The van der Waals surface area contributed by atoms with E-state index in [1.165, 1.54) is 12.4 Å². The molecule has 1 heterocycles. The first kappa shape index (κ1) is 11.9. The van der Waals surface area contributed by atoms with E-state index in [-0.39, 0.29) is 0 Å². The lowest BCUT2D eigenvalue weighted by Gasteiger charge is -2.08. The third-order valence-corrected chi connectivity index (χ3v) is 3.52. The van der Waals surface area contributed by atoms with Crippen LogP contribution in [-0.4, -0.2) is 9.97 Å². The molecule has 0 unspecified atom stereocenters. The van der Waals surface area contributed by atoms with E-state index in [9.17, 15) is 0 Å². The van der Waals surface area contributed by atoms with Crippen LogP contribution in [0.3, 0.4) is 0 Å². The van der Waals surface area contributed by atoms with Gasteiger partial charge in [0.15, 0.2) is 0 Å². The molecule has 0 saturated heterocycles. The summed E-state index contributed by atoms with van der Waals surface area (Å²) in [6, 6.07) is 4.15. The number of nitrogens with two attached hydrogens (primary N) is 1. The number of halogens is 1. The Hall–Kier alpha value is -1.62. The number of aryl methyl sites for hydroxylation is 2. The maximum atomic E-state index is 5.55. The number of hydrogen-bond donors (Lipinski definition) is 1. The summed E-state index contributed by atoms with van der Waals surface area (Å²) < 4.78 is 6.64. The first-order valence-corrected chi connectivity index (χ1v) is 5.87. The normalized spacial score (nSPS) is 10.3. The molecule has 0 atom stereocenters. The van der Waals surface area contributed by atoms with Gasteiger partial charge in [-0.3, -0.25) is 0 Å². The summed E-state index contributed by atoms with van der Waals surface area (Å²) in [7, 11) is 0. The van der Waals surface area contributed by atoms with Gasteiger partial charge in [-0.2, -0.15) is 0 Å². The molecule has 0 aliphatic carbocycles. The van der Waals surface area contributed by atoms with Crippen LogP contribution in [0.25, 0.3) is 0 Å². The molecule has 4 nitrogen and oxygen atoms in total. The van der Waals surface area contributed by atoms with Gasteiger partial charge >= 0.3 is 6.01 Å². The van der Waals surface area contributed by atoms with Crippen molar-refractivity contribution >= 4 is 21.6 Å². The van der Waals surface area contributed by atoms with Crippen LogP contribution in [0.2, 0.25) is 0 Å². The average molecular weight is 294 g/mol. The van der Waals surface area contributed by atoms with Crippen LogP contribution in [0.5, 0.6) is 11.8 Å². The molecular weight excluding hydrogens is 282 g/mol. The van der Waals surface area contributed by atoms with Crippen LogP contribution in [0.1, 0.15) is 11.1 Å². The summed E-state index contributed by atoms with van der Waals surface area (Å²) >= 11 is 3.50. The lowest BCUT2D eigenvalue weighted by atomic mass is 10.1. The molecule has 0 spiro atoms. The standard InChI is InChI=1S/C12H12BrN3O/c1-7-3-10(4-8(2)11(7)13)17-12-15-5-9(14)6-16-12/h3-6H,14H2,1-2H3. The van der Waals surface area contributed by atoms with Crippen molar-refractivity contribution in [1.82, 2.24) is 9.97 Å². The number of aromatic nitrogens is 2. The third kappa shape index (κ3) is 2.74. The molecule has 0 saturated carbocycles. The van der Waals surface area contributed by atoms with E-state index in [1.807, 2.05) is 26.0 Å². The highest BCUT2D eigenvalue weighted by Crippen LogP contribution is 2.28. The number of nitrogens with zero attached hydrogens (tertiary/aromatic N) is 2. The van der Waals surface area contributed by atoms with Crippen LogP contribution in [0.4, 0.5) is 5.69 Å². The van der Waals surface area contributed by atoms with E-state index in [4.69, 9.17) is 10.5 Å². The Morgan fingerprint density at radius 1 is 1.12 bits per heavy atom. The molecule has 0 aliphatic heterocycles. The number of ether oxygens (including phenoxy) is 1. The molecule has 0 aliphatic rings. The second-order valence-corrected chi connectivity index (χ2v) is 4.57. The van der Waals surface area contributed by atoms with Gasteiger partial charge in [0.25, 0.3) is 0 Å². The van der Waals surface area contributed by atoms with Gasteiger partial charge in [0.05, 0.1) is 18.1 Å². The van der Waals surface area contributed by atoms with E-state index in [1.54, 1.807) is 0 Å². The molecule has 1 aromatic carbocycles. The molecule has 1 aromatic heterocycles. The van der Waals surface area contributed by atoms with Crippen LogP contribution in [0, 0.1) is 13.8 Å². The second-order valence-electron chi connectivity index (χ2n) is 3.77. The minimum absolute atomic E-state index is 0.292. The summed E-state index contributed by atoms with van der Waals surface area (Å²) in [4.78, 5) is 7.97. The van der Waals surface area contributed by atoms with Gasteiger partial charge in [-0.25, -0.2) is 9.97 Å². The first-order valence-electron chi connectivity index (χ1n) is 5.08. The van der Waals surface area contributed by atoms with Crippen molar-refractivity contribution in [2.45, 2.75) is 13.8 Å². The maximum absolute atomic E-state index is 5.55.